The molecule has 1 aromatic rings. The molecule has 0 spiro atoms. The van der Waals surface area contributed by atoms with Crippen LogP contribution in [0.5, 0.6) is 0 Å². The van der Waals surface area contributed by atoms with Gasteiger partial charge in [0.1, 0.15) is 0 Å². The number of nitrogens with one attached hydrogen (secondary N) is 1. The van der Waals surface area contributed by atoms with E-state index in [2.05, 4.69) is 34.3 Å². The topological polar surface area (TPSA) is 29.9 Å². The van der Waals surface area contributed by atoms with Crippen LogP contribution in [0.25, 0.3) is 0 Å². The fourth-order valence-electron chi connectivity index (χ4n) is 4.95. The van der Waals surface area contributed by atoms with Gasteiger partial charge in [-0.15, -0.1) is 0 Å². The van der Waals surface area contributed by atoms with Gasteiger partial charge in [-0.3, -0.25) is 0 Å². The van der Waals surface area contributed by atoms with Crippen molar-refractivity contribution in [2.24, 2.45) is 17.8 Å². The zero-order chi connectivity index (χ0) is 12.8. The summed E-state index contributed by atoms with van der Waals surface area (Å²) < 4.78 is 2.48. The van der Waals surface area contributed by atoms with E-state index in [9.17, 15) is 0 Å². The first-order chi connectivity index (χ1) is 9.33. The molecule has 0 radical (unpaired) electrons. The average Bonchev–Trinajstić information content (AvgIpc) is 3.17. The zero-order valence-corrected chi connectivity index (χ0v) is 11.9. The first-order valence-electron chi connectivity index (χ1n) is 8.08. The molecule has 1 saturated heterocycles. The molecule has 4 rings (SSSR count). The summed E-state index contributed by atoms with van der Waals surface area (Å²) in [5, 5.41) is 3.62. The van der Waals surface area contributed by atoms with Gasteiger partial charge in [0, 0.05) is 18.3 Å². The second-order valence-electron chi connectivity index (χ2n) is 6.95. The summed E-state index contributed by atoms with van der Waals surface area (Å²) in [4.78, 5) is 4.44. The Hall–Kier alpha value is -0.830. The van der Waals surface area contributed by atoms with Crippen LogP contribution in [0.1, 0.15) is 63.2 Å². The number of imidazole rings is 1. The predicted octanol–water partition coefficient (Wildman–Crippen LogP) is 3.30. The van der Waals surface area contributed by atoms with Crippen LogP contribution < -0.4 is 5.32 Å². The van der Waals surface area contributed by atoms with Crippen molar-refractivity contribution in [1.29, 1.82) is 0 Å². The number of rotatable bonds is 3. The van der Waals surface area contributed by atoms with Crippen LogP contribution in [0.3, 0.4) is 0 Å². The van der Waals surface area contributed by atoms with Crippen LogP contribution in [0.4, 0.5) is 0 Å². The summed E-state index contributed by atoms with van der Waals surface area (Å²) in [5.74, 6) is 2.92. The van der Waals surface area contributed by atoms with Gasteiger partial charge >= 0.3 is 0 Å². The largest absolute Gasteiger partial charge is 0.330 e. The van der Waals surface area contributed by atoms with Crippen molar-refractivity contribution in [1.82, 2.24) is 14.9 Å². The van der Waals surface area contributed by atoms with E-state index >= 15 is 0 Å². The maximum Gasteiger partial charge on any atom is 0.0951 e. The molecule has 0 aromatic carbocycles. The zero-order valence-electron chi connectivity index (χ0n) is 11.9. The van der Waals surface area contributed by atoms with Gasteiger partial charge in [-0.2, -0.15) is 0 Å². The van der Waals surface area contributed by atoms with Crippen molar-refractivity contribution in [3.05, 3.63) is 18.2 Å². The number of hydrogen-bond acceptors (Lipinski definition) is 2. The minimum absolute atomic E-state index is 0.545. The molecular weight excluding hydrogens is 234 g/mol. The molecule has 5 atom stereocenters. The highest BCUT2D eigenvalue weighted by Crippen LogP contribution is 2.52. The molecule has 3 heteroatoms. The second kappa shape index (κ2) is 4.62. The summed E-state index contributed by atoms with van der Waals surface area (Å²) in [6.45, 7) is 3.59. The minimum atomic E-state index is 0.545. The molecule has 104 valence electrons. The van der Waals surface area contributed by atoms with Gasteiger partial charge in [0.2, 0.25) is 0 Å². The average molecular weight is 259 g/mol. The highest BCUT2D eigenvalue weighted by atomic mass is 15.1. The van der Waals surface area contributed by atoms with Gasteiger partial charge in [-0.25, -0.2) is 4.98 Å². The Bertz CT molecular complexity index is 447. The quantitative estimate of drug-likeness (QED) is 0.902. The van der Waals surface area contributed by atoms with Gasteiger partial charge in [-0.05, 0) is 63.3 Å². The van der Waals surface area contributed by atoms with Crippen molar-refractivity contribution in [2.75, 3.05) is 6.54 Å². The molecule has 2 aliphatic carbocycles. The second-order valence-corrected chi connectivity index (χ2v) is 6.95. The number of aromatic nitrogens is 2. The molecular formula is C16H25N3. The van der Waals surface area contributed by atoms with Crippen LogP contribution >= 0.6 is 0 Å². The Labute approximate surface area is 115 Å². The van der Waals surface area contributed by atoms with E-state index in [0.29, 0.717) is 12.1 Å². The van der Waals surface area contributed by atoms with E-state index in [1.165, 1.54) is 50.8 Å². The van der Waals surface area contributed by atoms with E-state index in [-0.39, 0.29) is 0 Å². The highest BCUT2D eigenvalue weighted by Gasteiger charge is 2.42. The normalized spacial score (nSPS) is 39.0. The first-order valence-corrected chi connectivity index (χ1v) is 8.08. The molecule has 19 heavy (non-hydrogen) atoms. The van der Waals surface area contributed by atoms with E-state index in [0.717, 1.165) is 17.8 Å². The molecule has 1 aromatic heterocycles. The van der Waals surface area contributed by atoms with E-state index in [1.807, 2.05) is 0 Å². The molecule has 3 fully saturated rings. The summed E-state index contributed by atoms with van der Waals surface area (Å²) >= 11 is 0. The smallest absolute Gasteiger partial charge is 0.0951 e. The van der Waals surface area contributed by atoms with Crippen LogP contribution in [0.15, 0.2) is 12.5 Å². The highest BCUT2D eigenvalue weighted by molar-refractivity contribution is 5.09. The lowest BCUT2D eigenvalue weighted by molar-refractivity contribution is 0.237. The molecule has 2 heterocycles. The van der Waals surface area contributed by atoms with Crippen LogP contribution in [0, 0.1) is 17.8 Å². The first kappa shape index (κ1) is 12.0. The van der Waals surface area contributed by atoms with Gasteiger partial charge in [0.05, 0.1) is 12.0 Å². The van der Waals surface area contributed by atoms with Crippen molar-refractivity contribution >= 4 is 0 Å². The van der Waals surface area contributed by atoms with Gasteiger partial charge in [0.25, 0.3) is 0 Å². The van der Waals surface area contributed by atoms with Crippen molar-refractivity contribution in [2.45, 2.75) is 57.5 Å². The third-order valence-corrected chi connectivity index (χ3v) is 5.96. The van der Waals surface area contributed by atoms with Crippen LogP contribution in [0.2, 0.25) is 0 Å². The lowest BCUT2D eigenvalue weighted by atomic mass is 9.83. The van der Waals surface area contributed by atoms with E-state index in [4.69, 9.17) is 0 Å². The lowest BCUT2D eigenvalue weighted by Gasteiger charge is -2.30. The molecule has 2 bridgehead atoms. The van der Waals surface area contributed by atoms with Crippen molar-refractivity contribution in [3.8, 4) is 0 Å². The predicted molar refractivity (Wildman–Crippen MR) is 75.9 cm³/mol. The standard InChI is InChI=1S/C16H25N3/c1-11(14-8-12-4-5-13(14)7-12)19-10-17-9-16(19)15-3-2-6-18-15/h9-15,18H,2-8H2,1H3/t11?,12?,13?,14?,15-/m0/s1. The molecule has 3 nitrogen and oxygen atoms in total. The number of fused-ring (bicyclic) bond motifs is 2. The van der Waals surface area contributed by atoms with Crippen LogP contribution in [-0.2, 0) is 0 Å². The number of hydrogen-bond donors (Lipinski definition) is 1. The Kier molecular flexibility index (Phi) is 2.91. The lowest BCUT2D eigenvalue weighted by Crippen LogP contribution is -2.25. The molecule has 2 saturated carbocycles. The third-order valence-electron chi connectivity index (χ3n) is 5.96. The SMILES string of the molecule is CC(C1CC2CCC1C2)n1cncc1[C@@H]1CCCN1. The van der Waals surface area contributed by atoms with Crippen LogP contribution in [-0.4, -0.2) is 16.1 Å². The monoisotopic (exact) mass is 259 g/mol. The van der Waals surface area contributed by atoms with Gasteiger partial charge in [-0.1, -0.05) is 6.42 Å². The Morgan fingerprint density at radius 2 is 2.26 bits per heavy atom. The van der Waals surface area contributed by atoms with Gasteiger partial charge in [0.15, 0.2) is 0 Å². The van der Waals surface area contributed by atoms with Crippen molar-refractivity contribution < 1.29 is 0 Å². The molecule has 1 N–H and O–H groups in total. The summed E-state index contributed by atoms with van der Waals surface area (Å²) in [5.41, 5.74) is 1.42. The van der Waals surface area contributed by atoms with E-state index < -0.39 is 0 Å². The Morgan fingerprint density at radius 1 is 1.32 bits per heavy atom. The Balaban J connectivity index is 1.56. The minimum Gasteiger partial charge on any atom is -0.330 e. The fraction of sp³-hybridized carbons (Fsp3) is 0.812. The Morgan fingerprint density at radius 3 is 2.95 bits per heavy atom. The molecule has 1 aliphatic heterocycles. The molecule has 0 amide bonds. The summed E-state index contributed by atoms with van der Waals surface area (Å²) in [6.07, 6.45) is 12.7. The van der Waals surface area contributed by atoms with Crippen molar-refractivity contribution in [3.63, 3.8) is 0 Å². The van der Waals surface area contributed by atoms with Gasteiger partial charge < -0.3 is 9.88 Å². The summed E-state index contributed by atoms with van der Waals surface area (Å²) in [6, 6.07) is 1.18. The van der Waals surface area contributed by atoms with E-state index in [1.54, 1.807) is 0 Å². The number of nitrogens with zero attached hydrogens (tertiary/aromatic N) is 2. The third kappa shape index (κ3) is 1.94. The molecule has 3 aliphatic rings. The maximum absolute atomic E-state index is 4.44. The molecule has 4 unspecified atom stereocenters. The maximum atomic E-state index is 4.44. The summed E-state index contributed by atoms with van der Waals surface area (Å²) in [7, 11) is 0. The fourth-order valence-corrected chi connectivity index (χ4v) is 4.95.